The van der Waals surface area contributed by atoms with Gasteiger partial charge in [-0.2, -0.15) is 5.26 Å². The summed E-state index contributed by atoms with van der Waals surface area (Å²) in [6.45, 7) is 6.45. The van der Waals surface area contributed by atoms with E-state index in [1.54, 1.807) is 11.0 Å². The van der Waals surface area contributed by atoms with Crippen molar-refractivity contribution in [2.24, 2.45) is 5.92 Å². The highest BCUT2D eigenvalue weighted by molar-refractivity contribution is 5.91. The summed E-state index contributed by atoms with van der Waals surface area (Å²) in [5.41, 5.74) is -0.758. The normalized spacial score (nSPS) is 17.5. The van der Waals surface area contributed by atoms with Crippen molar-refractivity contribution < 1.29 is 19.4 Å². The molecule has 0 aromatic carbocycles. The standard InChI is InChI=1S/C14H20N2O4/c1-14(2,3)20-13(19)16-6-4-10(5-7-16)8-11(9-15)12(17)18/h8,10H,4-7H2,1-3H3,(H,17,18)/b11-8+. The van der Waals surface area contributed by atoms with Crippen LogP contribution in [0.5, 0.6) is 0 Å². The van der Waals surface area contributed by atoms with Crippen molar-refractivity contribution in [3.8, 4) is 6.07 Å². The number of carboxylic acids is 1. The van der Waals surface area contributed by atoms with Crippen molar-refractivity contribution >= 4 is 12.1 Å². The number of carboxylic acid groups (broad SMARTS) is 1. The third kappa shape index (κ3) is 4.92. The van der Waals surface area contributed by atoms with E-state index in [1.165, 1.54) is 6.08 Å². The number of ether oxygens (including phenoxy) is 1. The van der Waals surface area contributed by atoms with Gasteiger partial charge in [0.1, 0.15) is 17.2 Å². The first-order valence-corrected chi connectivity index (χ1v) is 6.56. The maximum atomic E-state index is 11.8. The van der Waals surface area contributed by atoms with Crippen LogP contribution in [-0.2, 0) is 9.53 Å². The van der Waals surface area contributed by atoms with Gasteiger partial charge in [0, 0.05) is 13.1 Å². The number of hydrogen-bond donors (Lipinski definition) is 1. The number of likely N-dealkylation sites (tertiary alicyclic amines) is 1. The summed E-state index contributed by atoms with van der Waals surface area (Å²) in [6, 6.07) is 1.67. The van der Waals surface area contributed by atoms with Gasteiger partial charge in [-0.15, -0.1) is 0 Å². The molecule has 1 N–H and O–H groups in total. The number of piperidine rings is 1. The van der Waals surface area contributed by atoms with Crippen LogP contribution in [0.25, 0.3) is 0 Å². The Morgan fingerprint density at radius 1 is 1.35 bits per heavy atom. The van der Waals surface area contributed by atoms with Crippen molar-refractivity contribution in [2.75, 3.05) is 13.1 Å². The highest BCUT2D eigenvalue weighted by atomic mass is 16.6. The molecule has 110 valence electrons. The van der Waals surface area contributed by atoms with Gasteiger partial charge in [0.2, 0.25) is 0 Å². The Morgan fingerprint density at radius 3 is 2.30 bits per heavy atom. The molecule has 20 heavy (non-hydrogen) atoms. The predicted molar refractivity (Wildman–Crippen MR) is 71.9 cm³/mol. The Balaban J connectivity index is 2.54. The third-order valence-corrected chi connectivity index (χ3v) is 2.94. The summed E-state index contributed by atoms with van der Waals surface area (Å²) in [4.78, 5) is 24.2. The van der Waals surface area contributed by atoms with Gasteiger partial charge in [0.05, 0.1) is 0 Å². The molecule has 0 radical (unpaired) electrons. The molecule has 0 saturated carbocycles. The van der Waals surface area contributed by atoms with Gasteiger partial charge in [-0.1, -0.05) is 6.08 Å². The van der Waals surface area contributed by atoms with E-state index in [9.17, 15) is 9.59 Å². The van der Waals surface area contributed by atoms with Crippen molar-refractivity contribution in [1.29, 1.82) is 5.26 Å². The fraction of sp³-hybridized carbons (Fsp3) is 0.643. The molecule has 0 spiro atoms. The smallest absolute Gasteiger partial charge is 0.410 e. The summed E-state index contributed by atoms with van der Waals surface area (Å²) in [5, 5.41) is 17.5. The fourth-order valence-corrected chi connectivity index (χ4v) is 1.97. The zero-order valence-corrected chi connectivity index (χ0v) is 12.0. The van der Waals surface area contributed by atoms with E-state index in [0.717, 1.165) is 0 Å². The van der Waals surface area contributed by atoms with Crippen molar-refractivity contribution in [3.05, 3.63) is 11.6 Å². The molecule has 6 nitrogen and oxygen atoms in total. The number of hydrogen-bond acceptors (Lipinski definition) is 4. The summed E-state index contributed by atoms with van der Waals surface area (Å²) in [7, 11) is 0. The van der Waals surface area contributed by atoms with Gasteiger partial charge >= 0.3 is 12.1 Å². The van der Waals surface area contributed by atoms with Gasteiger partial charge in [-0.05, 0) is 39.5 Å². The molecule has 0 aromatic heterocycles. The highest BCUT2D eigenvalue weighted by Crippen LogP contribution is 2.21. The second-order valence-electron chi connectivity index (χ2n) is 5.80. The molecule has 0 atom stereocenters. The minimum Gasteiger partial charge on any atom is -0.477 e. The number of aliphatic carboxylic acids is 1. The second-order valence-corrected chi connectivity index (χ2v) is 5.80. The molecule has 0 bridgehead atoms. The van der Waals surface area contributed by atoms with Crippen LogP contribution in [0.15, 0.2) is 11.6 Å². The number of carbonyl (C=O) groups is 2. The van der Waals surface area contributed by atoms with Gasteiger partial charge in [-0.3, -0.25) is 0 Å². The lowest BCUT2D eigenvalue weighted by atomic mass is 9.95. The van der Waals surface area contributed by atoms with Crippen LogP contribution in [0.1, 0.15) is 33.6 Å². The zero-order chi connectivity index (χ0) is 15.3. The van der Waals surface area contributed by atoms with Gasteiger partial charge in [-0.25, -0.2) is 9.59 Å². The summed E-state index contributed by atoms with van der Waals surface area (Å²) in [6.07, 6.45) is 2.41. The summed E-state index contributed by atoms with van der Waals surface area (Å²) < 4.78 is 5.28. The summed E-state index contributed by atoms with van der Waals surface area (Å²) in [5.74, 6) is -1.19. The first-order valence-electron chi connectivity index (χ1n) is 6.56. The van der Waals surface area contributed by atoms with Crippen LogP contribution in [0.2, 0.25) is 0 Å². The fourth-order valence-electron chi connectivity index (χ4n) is 1.97. The van der Waals surface area contributed by atoms with E-state index in [1.807, 2.05) is 20.8 Å². The number of amides is 1. The molecule has 1 fully saturated rings. The van der Waals surface area contributed by atoms with E-state index in [2.05, 4.69) is 0 Å². The molecule has 1 aliphatic rings. The third-order valence-electron chi connectivity index (χ3n) is 2.94. The molecular weight excluding hydrogens is 260 g/mol. The van der Waals surface area contributed by atoms with Gasteiger partial charge in [0.15, 0.2) is 0 Å². The Labute approximate surface area is 118 Å². The summed E-state index contributed by atoms with van der Waals surface area (Å²) >= 11 is 0. The van der Waals surface area contributed by atoms with Crippen LogP contribution in [0, 0.1) is 17.2 Å². The molecular formula is C14H20N2O4. The zero-order valence-electron chi connectivity index (χ0n) is 12.0. The van der Waals surface area contributed by atoms with E-state index in [-0.39, 0.29) is 17.6 Å². The Bertz CT molecular complexity index is 449. The lowest BCUT2D eigenvalue weighted by molar-refractivity contribution is -0.132. The van der Waals surface area contributed by atoms with E-state index < -0.39 is 11.6 Å². The average Bonchev–Trinajstić information content (AvgIpc) is 2.34. The van der Waals surface area contributed by atoms with Crippen LogP contribution in [0.3, 0.4) is 0 Å². The first kappa shape index (κ1) is 16.0. The molecule has 0 aliphatic carbocycles. The SMILES string of the molecule is CC(C)(C)OC(=O)N1CCC(/C=C(\C#N)C(=O)O)CC1. The molecule has 1 saturated heterocycles. The quantitative estimate of drug-likeness (QED) is 0.618. The number of nitriles is 1. The highest BCUT2D eigenvalue weighted by Gasteiger charge is 2.26. The lowest BCUT2D eigenvalue weighted by Crippen LogP contribution is -2.41. The van der Waals surface area contributed by atoms with Crippen molar-refractivity contribution in [2.45, 2.75) is 39.2 Å². The minimum atomic E-state index is -1.21. The first-order chi connectivity index (χ1) is 9.23. The number of nitrogens with zero attached hydrogens (tertiary/aromatic N) is 2. The predicted octanol–water partition coefficient (Wildman–Crippen LogP) is 2.17. The van der Waals surface area contributed by atoms with E-state index >= 15 is 0 Å². The molecule has 0 aromatic rings. The van der Waals surface area contributed by atoms with Gasteiger partial charge in [0.25, 0.3) is 0 Å². The molecule has 0 unspecified atom stereocenters. The van der Waals surface area contributed by atoms with Crippen LogP contribution < -0.4 is 0 Å². The van der Waals surface area contributed by atoms with Crippen molar-refractivity contribution in [1.82, 2.24) is 4.90 Å². The van der Waals surface area contributed by atoms with Crippen LogP contribution >= 0.6 is 0 Å². The van der Waals surface area contributed by atoms with E-state index in [4.69, 9.17) is 15.1 Å². The number of carbonyl (C=O) groups excluding carboxylic acids is 1. The lowest BCUT2D eigenvalue weighted by Gasteiger charge is -2.32. The molecule has 1 rings (SSSR count). The van der Waals surface area contributed by atoms with Crippen molar-refractivity contribution in [3.63, 3.8) is 0 Å². The average molecular weight is 280 g/mol. The van der Waals surface area contributed by atoms with Crippen LogP contribution in [-0.4, -0.2) is 40.8 Å². The Morgan fingerprint density at radius 2 is 1.90 bits per heavy atom. The molecule has 6 heteroatoms. The maximum Gasteiger partial charge on any atom is 0.410 e. The van der Waals surface area contributed by atoms with Gasteiger partial charge < -0.3 is 14.7 Å². The Hall–Kier alpha value is -2.03. The minimum absolute atomic E-state index is 0.0134. The molecule has 1 aliphatic heterocycles. The topological polar surface area (TPSA) is 90.6 Å². The molecule has 1 heterocycles. The maximum absolute atomic E-state index is 11.8. The Kier molecular flexibility index (Phi) is 5.14. The number of allylic oxidation sites excluding steroid dienone is 1. The molecule has 1 amide bonds. The largest absolute Gasteiger partial charge is 0.477 e. The van der Waals surface area contributed by atoms with E-state index in [0.29, 0.717) is 25.9 Å². The number of rotatable bonds is 2. The van der Waals surface area contributed by atoms with Crippen LogP contribution in [0.4, 0.5) is 4.79 Å². The second kappa shape index (κ2) is 6.42. The monoisotopic (exact) mass is 280 g/mol.